The summed E-state index contributed by atoms with van der Waals surface area (Å²) in [5.41, 5.74) is 0.849. The van der Waals surface area contributed by atoms with E-state index in [1.165, 1.54) is 18.1 Å². The van der Waals surface area contributed by atoms with Crippen LogP contribution in [0.5, 0.6) is 0 Å². The topological polar surface area (TPSA) is 69.6 Å². The molecule has 2 aromatic heterocycles. The SMILES string of the molecule is Clc1cccc(Cl)c1CSc1nnc(Cn2cncn2)o1. The van der Waals surface area contributed by atoms with Gasteiger partial charge in [0, 0.05) is 15.8 Å². The minimum absolute atomic E-state index is 0.389. The van der Waals surface area contributed by atoms with E-state index in [0.29, 0.717) is 33.5 Å². The number of aromatic nitrogens is 5. The van der Waals surface area contributed by atoms with E-state index < -0.39 is 0 Å². The summed E-state index contributed by atoms with van der Waals surface area (Å²) >= 11 is 13.6. The minimum atomic E-state index is 0.389. The molecule has 0 aliphatic rings. The minimum Gasteiger partial charge on any atom is -0.414 e. The summed E-state index contributed by atoms with van der Waals surface area (Å²) in [4.78, 5) is 3.85. The third-order valence-electron chi connectivity index (χ3n) is 2.61. The van der Waals surface area contributed by atoms with Crippen LogP contribution in [-0.4, -0.2) is 25.0 Å². The highest BCUT2D eigenvalue weighted by Gasteiger charge is 2.11. The first-order valence-electron chi connectivity index (χ1n) is 5.93. The fourth-order valence-corrected chi connectivity index (χ4v) is 3.14. The Morgan fingerprint density at radius 2 is 2.00 bits per heavy atom. The molecule has 9 heteroatoms. The van der Waals surface area contributed by atoms with Crippen molar-refractivity contribution in [2.75, 3.05) is 0 Å². The molecule has 0 N–H and O–H groups in total. The predicted molar refractivity (Wildman–Crippen MR) is 79.4 cm³/mol. The Balaban J connectivity index is 1.65. The van der Waals surface area contributed by atoms with Crippen LogP contribution < -0.4 is 0 Å². The van der Waals surface area contributed by atoms with Crippen LogP contribution >= 0.6 is 35.0 Å². The van der Waals surface area contributed by atoms with E-state index in [2.05, 4.69) is 20.3 Å². The number of hydrogen-bond donors (Lipinski definition) is 0. The van der Waals surface area contributed by atoms with Crippen molar-refractivity contribution >= 4 is 35.0 Å². The Labute approximate surface area is 134 Å². The maximum Gasteiger partial charge on any atom is 0.276 e. The number of benzene rings is 1. The van der Waals surface area contributed by atoms with Gasteiger partial charge in [0.1, 0.15) is 19.2 Å². The van der Waals surface area contributed by atoms with Gasteiger partial charge in [0.2, 0.25) is 5.89 Å². The van der Waals surface area contributed by atoms with Gasteiger partial charge in [0.15, 0.2) is 0 Å². The van der Waals surface area contributed by atoms with E-state index in [9.17, 15) is 0 Å². The van der Waals surface area contributed by atoms with Crippen molar-refractivity contribution in [1.82, 2.24) is 25.0 Å². The van der Waals surface area contributed by atoms with Gasteiger partial charge in [-0.1, -0.05) is 41.0 Å². The van der Waals surface area contributed by atoms with Crippen LogP contribution in [0.3, 0.4) is 0 Å². The second-order valence-electron chi connectivity index (χ2n) is 4.04. The highest BCUT2D eigenvalue weighted by Crippen LogP contribution is 2.30. The number of rotatable bonds is 5. The van der Waals surface area contributed by atoms with Gasteiger partial charge in [0.05, 0.1) is 0 Å². The summed E-state index contributed by atoms with van der Waals surface area (Å²) in [7, 11) is 0. The highest BCUT2D eigenvalue weighted by atomic mass is 35.5. The molecule has 1 aromatic carbocycles. The summed E-state index contributed by atoms with van der Waals surface area (Å²) in [6.45, 7) is 0.389. The monoisotopic (exact) mass is 341 g/mol. The molecule has 0 radical (unpaired) electrons. The van der Waals surface area contributed by atoms with Gasteiger partial charge in [-0.15, -0.1) is 10.2 Å². The molecule has 6 nitrogen and oxygen atoms in total. The zero-order chi connectivity index (χ0) is 14.7. The maximum absolute atomic E-state index is 6.11. The highest BCUT2D eigenvalue weighted by molar-refractivity contribution is 7.98. The molecule has 0 bridgehead atoms. The van der Waals surface area contributed by atoms with Gasteiger partial charge in [-0.3, -0.25) is 0 Å². The fourth-order valence-electron chi connectivity index (χ4n) is 1.62. The Morgan fingerprint density at radius 3 is 2.71 bits per heavy atom. The molecule has 0 aliphatic heterocycles. The molecule has 108 valence electrons. The largest absolute Gasteiger partial charge is 0.414 e. The standard InChI is InChI=1S/C12H9Cl2N5OS/c13-9-2-1-3-10(14)8(9)5-21-12-18-17-11(20-12)4-19-7-15-6-16-19/h1-3,6-7H,4-5H2. The van der Waals surface area contributed by atoms with E-state index in [-0.39, 0.29) is 0 Å². The summed E-state index contributed by atoms with van der Waals surface area (Å²) < 4.78 is 7.13. The molecular formula is C12H9Cl2N5OS. The lowest BCUT2D eigenvalue weighted by Gasteiger charge is -2.04. The van der Waals surface area contributed by atoms with Gasteiger partial charge >= 0.3 is 0 Å². The van der Waals surface area contributed by atoms with Gasteiger partial charge in [-0.2, -0.15) is 5.10 Å². The molecule has 0 saturated carbocycles. The number of halogens is 2. The molecule has 0 amide bonds. The first-order valence-corrected chi connectivity index (χ1v) is 7.67. The first-order chi connectivity index (χ1) is 10.2. The van der Waals surface area contributed by atoms with Gasteiger partial charge in [-0.25, -0.2) is 9.67 Å². The lowest BCUT2D eigenvalue weighted by molar-refractivity contribution is 0.397. The summed E-state index contributed by atoms with van der Waals surface area (Å²) in [6.07, 6.45) is 3.03. The molecule has 3 rings (SSSR count). The lowest BCUT2D eigenvalue weighted by Crippen LogP contribution is -1.99. The van der Waals surface area contributed by atoms with Gasteiger partial charge in [0.25, 0.3) is 5.22 Å². The second kappa shape index (κ2) is 6.46. The fraction of sp³-hybridized carbons (Fsp3) is 0.167. The summed E-state index contributed by atoms with van der Waals surface area (Å²) in [5, 5.41) is 13.6. The molecule has 0 fully saturated rings. The molecule has 0 aliphatic carbocycles. The summed E-state index contributed by atoms with van der Waals surface area (Å²) in [5.74, 6) is 1.02. The second-order valence-corrected chi connectivity index (χ2v) is 5.78. The smallest absolute Gasteiger partial charge is 0.276 e. The van der Waals surface area contributed by atoms with Crippen molar-refractivity contribution in [1.29, 1.82) is 0 Å². The van der Waals surface area contributed by atoms with E-state index in [1.54, 1.807) is 23.1 Å². The zero-order valence-electron chi connectivity index (χ0n) is 10.6. The molecule has 2 heterocycles. The Bertz CT molecular complexity index is 711. The normalized spacial score (nSPS) is 11.0. The predicted octanol–water partition coefficient (Wildman–Crippen LogP) is 3.31. The number of nitrogens with zero attached hydrogens (tertiary/aromatic N) is 5. The zero-order valence-corrected chi connectivity index (χ0v) is 12.9. The van der Waals surface area contributed by atoms with E-state index in [1.807, 2.05) is 6.07 Å². The number of hydrogen-bond acceptors (Lipinski definition) is 6. The molecule has 21 heavy (non-hydrogen) atoms. The Hall–Kier alpha value is -1.57. The molecule has 0 spiro atoms. The van der Waals surface area contributed by atoms with Crippen LogP contribution in [0.1, 0.15) is 11.5 Å². The van der Waals surface area contributed by atoms with Crippen molar-refractivity contribution in [3.63, 3.8) is 0 Å². The van der Waals surface area contributed by atoms with Crippen LogP contribution in [-0.2, 0) is 12.3 Å². The van der Waals surface area contributed by atoms with Crippen LogP contribution in [0, 0.1) is 0 Å². The van der Waals surface area contributed by atoms with E-state index in [0.717, 1.165) is 5.56 Å². The van der Waals surface area contributed by atoms with E-state index >= 15 is 0 Å². The summed E-state index contributed by atoms with van der Waals surface area (Å²) in [6, 6.07) is 5.41. The lowest BCUT2D eigenvalue weighted by atomic mass is 10.2. The van der Waals surface area contributed by atoms with Crippen molar-refractivity contribution in [2.45, 2.75) is 17.5 Å². The molecule has 0 atom stereocenters. The van der Waals surface area contributed by atoms with Crippen molar-refractivity contribution < 1.29 is 4.42 Å². The first kappa shape index (κ1) is 14.4. The van der Waals surface area contributed by atoms with Gasteiger partial charge < -0.3 is 4.42 Å². The van der Waals surface area contributed by atoms with Gasteiger partial charge in [-0.05, 0) is 17.7 Å². The van der Waals surface area contributed by atoms with E-state index in [4.69, 9.17) is 27.6 Å². The maximum atomic E-state index is 6.11. The Morgan fingerprint density at radius 1 is 1.19 bits per heavy atom. The molecule has 0 unspecified atom stereocenters. The van der Waals surface area contributed by atoms with Crippen molar-refractivity contribution in [2.24, 2.45) is 0 Å². The average molecular weight is 342 g/mol. The Kier molecular flexibility index (Phi) is 4.42. The number of thioether (sulfide) groups is 1. The van der Waals surface area contributed by atoms with Crippen LogP contribution in [0.15, 0.2) is 40.5 Å². The van der Waals surface area contributed by atoms with Crippen molar-refractivity contribution in [3.05, 3.63) is 52.4 Å². The van der Waals surface area contributed by atoms with Crippen molar-refractivity contribution in [3.8, 4) is 0 Å². The average Bonchev–Trinajstić information content (AvgIpc) is 3.11. The quantitative estimate of drug-likeness (QED) is 0.663. The third kappa shape index (κ3) is 3.55. The molecule has 0 saturated heterocycles. The van der Waals surface area contributed by atoms with Crippen LogP contribution in [0.25, 0.3) is 0 Å². The van der Waals surface area contributed by atoms with Crippen LogP contribution in [0.4, 0.5) is 0 Å². The van der Waals surface area contributed by atoms with Crippen LogP contribution in [0.2, 0.25) is 10.0 Å². The third-order valence-corrected chi connectivity index (χ3v) is 4.17. The molecular weight excluding hydrogens is 333 g/mol. The molecule has 3 aromatic rings.